The van der Waals surface area contributed by atoms with Gasteiger partial charge in [-0.15, -0.1) is 0 Å². The highest BCUT2D eigenvalue weighted by Crippen LogP contribution is 2.33. The van der Waals surface area contributed by atoms with Gasteiger partial charge in [0.15, 0.2) is 0 Å². The Kier molecular flexibility index (Phi) is 7.36. The van der Waals surface area contributed by atoms with Crippen molar-refractivity contribution in [3.05, 3.63) is 66.0 Å². The van der Waals surface area contributed by atoms with Crippen molar-refractivity contribution in [3.63, 3.8) is 0 Å². The number of carboxylic acid groups (broad SMARTS) is 1. The number of fused-ring (bicyclic) bond motifs is 1. The molecule has 180 valence electrons. The van der Waals surface area contributed by atoms with E-state index < -0.39 is 27.4 Å². The third kappa shape index (κ3) is 5.50. The molecule has 0 aromatic heterocycles. The zero-order valence-corrected chi connectivity index (χ0v) is 19.6. The Morgan fingerprint density at radius 3 is 2.50 bits per heavy atom. The maximum atomic E-state index is 13.7. The number of hydrogen-bond acceptors (Lipinski definition) is 4. The number of carbonyl (C=O) groups is 1. The number of halogens is 1. The molecule has 0 spiro atoms. The van der Waals surface area contributed by atoms with Crippen LogP contribution in [0.2, 0.25) is 0 Å². The van der Waals surface area contributed by atoms with Crippen LogP contribution in [0.3, 0.4) is 0 Å². The summed E-state index contributed by atoms with van der Waals surface area (Å²) in [5, 5.41) is 10.3. The lowest BCUT2D eigenvalue weighted by Crippen LogP contribution is -2.14. The van der Waals surface area contributed by atoms with Crippen LogP contribution in [0.25, 0.3) is 10.8 Å². The Labute approximate surface area is 198 Å². The van der Waals surface area contributed by atoms with Gasteiger partial charge in [-0.3, -0.25) is 4.72 Å². The summed E-state index contributed by atoms with van der Waals surface area (Å²) in [6.45, 7) is 0.568. The number of benzene rings is 3. The zero-order chi connectivity index (χ0) is 24.1. The van der Waals surface area contributed by atoms with Gasteiger partial charge < -0.3 is 9.84 Å². The van der Waals surface area contributed by atoms with Gasteiger partial charge >= 0.3 is 5.97 Å². The summed E-state index contributed by atoms with van der Waals surface area (Å²) in [7, 11) is -4.07. The Balaban J connectivity index is 1.53. The number of nitrogens with one attached hydrogen (secondary N) is 1. The zero-order valence-electron chi connectivity index (χ0n) is 18.8. The Hall–Kier alpha value is -3.13. The van der Waals surface area contributed by atoms with Gasteiger partial charge in [0, 0.05) is 16.5 Å². The fraction of sp³-hybridized carbons (Fsp3) is 0.346. The normalized spacial score (nSPS) is 14.7. The molecular formula is C26H28FNO5S. The lowest BCUT2D eigenvalue weighted by atomic mass is 9.86. The molecule has 3 aromatic carbocycles. The predicted molar refractivity (Wildman–Crippen MR) is 129 cm³/mol. The molecule has 2 N–H and O–H groups in total. The van der Waals surface area contributed by atoms with Gasteiger partial charge in [-0.05, 0) is 49.1 Å². The van der Waals surface area contributed by atoms with Crippen molar-refractivity contribution >= 4 is 32.5 Å². The smallest absolute Gasteiger partial charge is 0.338 e. The van der Waals surface area contributed by atoms with Gasteiger partial charge in [-0.2, -0.15) is 0 Å². The molecule has 0 amide bonds. The number of carboxylic acids is 1. The van der Waals surface area contributed by atoms with Crippen LogP contribution in [0, 0.1) is 11.7 Å². The summed E-state index contributed by atoms with van der Waals surface area (Å²) in [6, 6.07) is 13.3. The minimum absolute atomic E-state index is 0.0267. The van der Waals surface area contributed by atoms with Crippen molar-refractivity contribution in [3.8, 4) is 5.75 Å². The molecule has 0 aliphatic heterocycles. The largest absolute Gasteiger partial charge is 0.493 e. The fourth-order valence-electron chi connectivity index (χ4n) is 4.60. The average molecular weight is 486 g/mol. The molecule has 4 rings (SSSR count). The van der Waals surface area contributed by atoms with Gasteiger partial charge in [0.25, 0.3) is 10.0 Å². The molecule has 6 nitrogen and oxygen atoms in total. The molecular weight excluding hydrogens is 457 g/mol. The van der Waals surface area contributed by atoms with Crippen molar-refractivity contribution in [1.29, 1.82) is 0 Å². The fourth-order valence-corrected chi connectivity index (χ4v) is 5.86. The quantitative estimate of drug-likeness (QED) is 0.351. The summed E-state index contributed by atoms with van der Waals surface area (Å²) >= 11 is 0. The van der Waals surface area contributed by atoms with E-state index in [0.717, 1.165) is 30.9 Å². The molecule has 8 heteroatoms. The number of anilines is 1. The number of sulfonamides is 1. The molecule has 0 heterocycles. The summed E-state index contributed by atoms with van der Waals surface area (Å²) < 4.78 is 48.3. The lowest BCUT2D eigenvalue weighted by molar-refractivity contribution is 0.0692. The van der Waals surface area contributed by atoms with E-state index in [-0.39, 0.29) is 10.6 Å². The van der Waals surface area contributed by atoms with Crippen molar-refractivity contribution < 1.29 is 27.4 Å². The van der Waals surface area contributed by atoms with E-state index in [1.165, 1.54) is 44.2 Å². The SMILES string of the molecule is O=C(O)c1cc(NS(=O)(=O)c2ccc(OCCCC3CCCCC3)c3ccccc23)ccc1F. The summed E-state index contributed by atoms with van der Waals surface area (Å²) in [5.74, 6) is -1.02. The predicted octanol–water partition coefficient (Wildman–Crippen LogP) is 6.22. The Morgan fingerprint density at radius 2 is 1.76 bits per heavy atom. The molecule has 0 bridgehead atoms. The van der Waals surface area contributed by atoms with Crippen LogP contribution in [0.15, 0.2) is 59.5 Å². The molecule has 0 saturated heterocycles. The van der Waals surface area contributed by atoms with Gasteiger partial charge in [0.2, 0.25) is 0 Å². The van der Waals surface area contributed by atoms with Gasteiger partial charge in [-0.25, -0.2) is 17.6 Å². The molecule has 3 aromatic rings. The molecule has 0 radical (unpaired) electrons. The van der Waals surface area contributed by atoms with Crippen molar-refractivity contribution in [2.24, 2.45) is 5.92 Å². The molecule has 1 saturated carbocycles. The maximum absolute atomic E-state index is 13.7. The molecule has 1 fully saturated rings. The minimum atomic E-state index is -4.07. The summed E-state index contributed by atoms with van der Waals surface area (Å²) in [5.41, 5.74) is -0.645. The van der Waals surface area contributed by atoms with Gasteiger partial charge in [0.1, 0.15) is 11.6 Å². The van der Waals surface area contributed by atoms with Crippen molar-refractivity contribution in [1.82, 2.24) is 0 Å². The van der Waals surface area contributed by atoms with E-state index in [1.807, 2.05) is 12.1 Å². The highest BCUT2D eigenvalue weighted by Gasteiger charge is 2.21. The van der Waals surface area contributed by atoms with Gasteiger partial charge in [0.05, 0.1) is 17.1 Å². The summed E-state index contributed by atoms with van der Waals surface area (Å²) in [6.07, 6.45) is 8.66. The van der Waals surface area contributed by atoms with Crippen molar-refractivity contribution in [2.45, 2.75) is 49.8 Å². The van der Waals surface area contributed by atoms with E-state index >= 15 is 0 Å². The van der Waals surface area contributed by atoms with E-state index in [4.69, 9.17) is 9.84 Å². The van der Waals surface area contributed by atoms with E-state index in [2.05, 4.69) is 4.72 Å². The first kappa shape index (κ1) is 24.0. The third-order valence-corrected chi connectivity index (χ3v) is 7.76. The topological polar surface area (TPSA) is 92.7 Å². The van der Waals surface area contributed by atoms with Crippen LogP contribution in [0.1, 0.15) is 55.3 Å². The summed E-state index contributed by atoms with van der Waals surface area (Å²) in [4.78, 5) is 11.2. The highest BCUT2D eigenvalue weighted by atomic mass is 32.2. The van der Waals surface area contributed by atoms with Crippen LogP contribution in [-0.4, -0.2) is 26.1 Å². The first-order valence-corrected chi connectivity index (χ1v) is 13.0. The first-order valence-electron chi connectivity index (χ1n) is 11.6. The van der Waals surface area contributed by atoms with Crippen LogP contribution in [-0.2, 0) is 10.0 Å². The maximum Gasteiger partial charge on any atom is 0.338 e. The Bertz CT molecular complexity index is 1290. The average Bonchev–Trinajstić information content (AvgIpc) is 2.83. The van der Waals surface area contributed by atoms with Crippen LogP contribution in [0.5, 0.6) is 5.75 Å². The second kappa shape index (κ2) is 10.4. The number of aromatic carboxylic acids is 1. The lowest BCUT2D eigenvalue weighted by Gasteiger charge is -2.21. The Morgan fingerprint density at radius 1 is 1.03 bits per heavy atom. The highest BCUT2D eigenvalue weighted by molar-refractivity contribution is 7.93. The van der Waals surface area contributed by atoms with E-state index in [1.54, 1.807) is 18.2 Å². The molecule has 0 unspecified atom stereocenters. The van der Waals surface area contributed by atoms with Crippen LogP contribution < -0.4 is 9.46 Å². The van der Waals surface area contributed by atoms with Crippen LogP contribution in [0.4, 0.5) is 10.1 Å². The van der Waals surface area contributed by atoms with Gasteiger partial charge in [-0.1, -0.05) is 56.4 Å². The second-order valence-corrected chi connectivity index (χ2v) is 10.4. The second-order valence-electron chi connectivity index (χ2n) is 8.71. The van der Waals surface area contributed by atoms with Crippen LogP contribution >= 0.6 is 0 Å². The van der Waals surface area contributed by atoms with E-state index in [0.29, 0.717) is 23.1 Å². The minimum Gasteiger partial charge on any atom is -0.493 e. The number of hydrogen-bond donors (Lipinski definition) is 2. The number of ether oxygens (including phenoxy) is 1. The molecule has 0 atom stereocenters. The molecule has 1 aliphatic carbocycles. The third-order valence-electron chi connectivity index (χ3n) is 6.32. The van der Waals surface area contributed by atoms with E-state index in [9.17, 15) is 17.6 Å². The first-order chi connectivity index (χ1) is 16.3. The molecule has 1 aliphatic rings. The monoisotopic (exact) mass is 485 g/mol. The standard InChI is InChI=1S/C26H28FNO5S/c27-23-13-12-19(17-22(23)26(29)30)28-34(31,32)25-15-14-24(20-10-4-5-11-21(20)25)33-16-6-9-18-7-2-1-3-8-18/h4-5,10-15,17-18,28H,1-3,6-9,16H2,(H,29,30). The molecule has 34 heavy (non-hydrogen) atoms. The number of rotatable bonds is 9. The van der Waals surface area contributed by atoms with Crippen molar-refractivity contribution in [2.75, 3.05) is 11.3 Å².